The average molecular weight is 390 g/mol. The predicted molar refractivity (Wildman–Crippen MR) is 92.1 cm³/mol. The van der Waals surface area contributed by atoms with E-state index in [2.05, 4.69) is 25.9 Å². The second kappa shape index (κ2) is 6.97. The van der Waals surface area contributed by atoms with Gasteiger partial charge in [-0.15, -0.1) is 0 Å². The molecule has 4 nitrogen and oxygen atoms in total. The number of ether oxygens (including phenoxy) is 1. The van der Waals surface area contributed by atoms with E-state index in [1.165, 1.54) is 12.1 Å². The van der Waals surface area contributed by atoms with Gasteiger partial charge >= 0.3 is 5.97 Å². The van der Waals surface area contributed by atoms with Gasteiger partial charge in [0.05, 0.1) is 11.3 Å². The summed E-state index contributed by atoms with van der Waals surface area (Å²) < 4.78 is 19.6. The van der Waals surface area contributed by atoms with Crippen LogP contribution in [0.3, 0.4) is 0 Å². The van der Waals surface area contributed by atoms with Crippen LogP contribution < -0.4 is 4.74 Å². The number of nitrogens with zero attached hydrogens (tertiary/aromatic N) is 1. The zero-order valence-electron chi connectivity index (χ0n) is 12.8. The third kappa shape index (κ3) is 3.71. The summed E-state index contributed by atoms with van der Waals surface area (Å²) in [6, 6.07) is 11.6. The molecule has 1 heterocycles. The number of oxime groups is 1. The highest BCUT2D eigenvalue weighted by atomic mass is 79.9. The van der Waals surface area contributed by atoms with Gasteiger partial charge in [-0.2, -0.15) is 0 Å². The van der Waals surface area contributed by atoms with Crippen molar-refractivity contribution in [2.45, 2.75) is 13.5 Å². The van der Waals surface area contributed by atoms with E-state index in [4.69, 9.17) is 4.74 Å². The molecule has 0 fully saturated rings. The molecular weight excluding hydrogens is 377 g/mol. The van der Waals surface area contributed by atoms with Crippen LogP contribution in [0, 0.1) is 5.82 Å². The maximum Gasteiger partial charge on any atom is 0.367 e. The topological polar surface area (TPSA) is 47.9 Å². The SMILES string of the molecule is CC1=NOC(=O)/C1=C/c1cc(Br)ccc1OCc1ccc(F)cc1. The fourth-order valence-corrected chi connectivity index (χ4v) is 2.56. The van der Waals surface area contributed by atoms with Crippen molar-refractivity contribution in [3.05, 3.63) is 69.5 Å². The van der Waals surface area contributed by atoms with E-state index in [-0.39, 0.29) is 12.4 Å². The molecule has 0 unspecified atom stereocenters. The van der Waals surface area contributed by atoms with Gasteiger partial charge in [0.15, 0.2) is 0 Å². The summed E-state index contributed by atoms with van der Waals surface area (Å²) in [7, 11) is 0. The normalized spacial score (nSPS) is 15.4. The summed E-state index contributed by atoms with van der Waals surface area (Å²) in [6.45, 7) is 1.99. The van der Waals surface area contributed by atoms with Crippen molar-refractivity contribution in [1.82, 2.24) is 0 Å². The summed E-state index contributed by atoms with van der Waals surface area (Å²) in [4.78, 5) is 16.4. The van der Waals surface area contributed by atoms with Crippen LogP contribution in [-0.4, -0.2) is 11.7 Å². The molecule has 24 heavy (non-hydrogen) atoms. The number of hydrogen-bond donors (Lipinski definition) is 0. The van der Waals surface area contributed by atoms with Gasteiger partial charge in [-0.3, -0.25) is 0 Å². The Hall–Kier alpha value is -2.47. The first kappa shape index (κ1) is 16.4. The average Bonchev–Trinajstić information content (AvgIpc) is 2.88. The molecule has 2 aromatic rings. The van der Waals surface area contributed by atoms with Gasteiger partial charge in [-0.25, -0.2) is 9.18 Å². The smallest absolute Gasteiger partial charge is 0.367 e. The Labute approximate surface area is 146 Å². The number of carbonyl (C=O) groups excluding carboxylic acids is 1. The quantitative estimate of drug-likeness (QED) is 0.571. The number of halogens is 2. The molecule has 1 aliphatic rings. The van der Waals surface area contributed by atoms with Crippen molar-refractivity contribution in [1.29, 1.82) is 0 Å². The van der Waals surface area contributed by atoms with E-state index in [1.807, 2.05) is 12.1 Å². The van der Waals surface area contributed by atoms with Gasteiger partial charge in [0.2, 0.25) is 0 Å². The molecule has 2 aromatic carbocycles. The molecule has 0 atom stereocenters. The van der Waals surface area contributed by atoms with Crippen molar-refractivity contribution in [2.75, 3.05) is 0 Å². The van der Waals surface area contributed by atoms with Gasteiger partial charge in [0, 0.05) is 10.0 Å². The third-order valence-electron chi connectivity index (χ3n) is 3.45. The fraction of sp³-hybridized carbons (Fsp3) is 0.111. The number of hydrogen-bond acceptors (Lipinski definition) is 4. The largest absolute Gasteiger partial charge is 0.488 e. The maximum atomic E-state index is 13.0. The van der Waals surface area contributed by atoms with Crippen molar-refractivity contribution < 1.29 is 18.8 Å². The van der Waals surface area contributed by atoms with Gasteiger partial charge in [0.25, 0.3) is 0 Å². The first-order chi connectivity index (χ1) is 11.5. The molecule has 0 aliphatic carbocycles. The third-order valence-corrected chi connectivity index (χ3v) is 3.95. The second-order valence-electron chi connectivity index (χ2n) is 5.21. The molecule has 6 heteroatoms. The molecular formula is C18H13BrFNO3. The molecule has 3 rings (SSSR count). The predicted octanol–water partition coefficient (Wildman–Crippen LogP) is 4.48. The Morgan fingerprint density at radius 1 is 1.25 bits per heavy atom. The van der Waals surface area contributed by atoms with Crippen LogP contribution >= 0.6 is 15.9 Å². The highest BCUT2D eigenvalue weighted by Gasteiger charge is 2.22. The molecule has 0 bridgehead atoms. The standard InChI is InChI=1S/C18H13BrFNO3/c1-11-16(18(22)24-21-11)9-13-8-14(19)4-7-17(13)23-10-12-2-5-15(20)6-3-12/h2-9H,10H2,1H3/b16-9+. The lowest BCUT2D eigenvalue weighted by atomic mass is 10.1. The van der Waals surface area contributed by atoms with Crippen LogP contribution in [0.5, 0.6) is 5.75 Å². The van der Waals surface area contributed by atoms with Gasteiger partial charge in [-0.1, -0.05) is 33.2 Å². The van der Waals surface area contributed by atoms with E-state index in [9.17, 15) is 9.18 Å². The molecule has 0 N–H and O–H groups in total. The number of rotatable bonds is 4. The van der Waals surface area contributed by atoms with Crippen molar-refractivity contribution in [3.8, 4) is 5.75 Å². The lowest BCUT2D eigenvalue weighted by Gasteiger charge is -2.10. The van der Waals surface area contributed by atoms with Crippen molar-refractivity contribution >= 4 is 33.7 Å². The summed E-state index contributed by atoms with van der Waals surface area (Å²) in [6.07, 6.45) is 1.68. The highest BCUT2D eigenvalue weighted by molar-refractivity contribution is 9.10. The van der Waals surface area contributed by atoms with Crippen LogP contribution in [0.25, 0.3) is 6.08 Å². The Morgan fingerprint density at radius 2 is 2.00 bits per heavy atom. The first-order valence-corrected chi connectivity index (χ1v) is 7.97. The first-order valence-electron chi connectivity index (χ1n) is 7.18. The minimum atomic E-state index is -0.489. The van der Waals surface area contributed by atoms with Crippen molar-refractivity contribution in [3.63, 3.8) is 0 Å². The zero-order valence-corrected chi connectivity index (χ0v) is 14.3. The van der Waals surface area contributed by atoms with Gasteiger partial charge in [0.1, 0.15) is 18.2 Å². The van der Waals surface area contributed by atoms with Crippen LogP contribution in [-0.2, 0) is 16.2 Å². The molecule has 0 spiro atoms. The summed E-state index contributed by atoms with van der Waals surface area (Å²) in [5, 5.41) is 3.66. The van der Waals surface area contributed by atoms with Gasteiger partial charge < -0.3 is 9.57 Å². The Balaban J connectivity index is 1.86. The van der Waals surface area contributed by atoms with Crippen LogP contribution in [0.2, 0.25) is 0 Å². The zero-order chi connectivity index (χ0) is 17.1. The van der Waals surface area contributed by atoms with Crippen molar-refractivity contribution in [2.24, 2.45) is 5.16 Å². The number of carbonyl (C=O) groups is 1. The molecule has 0 saturated carbocycles. The molecule has 0 saturated heterocycles. The molecule has 0 amide bonds. The lowest BCUT2D eigenvalue weighted by molar-refractivity contribution is -0.136. The second-order valence-corrected chi connectivity index (χ2v) is 6.13. The van der Waals surface area contributed by atoms with E-state index in [0.29, 0.717) is 17.0 Å². The Kier molecular flexibility index (Phi) is 4.76. The Morgan fingerprint density at radius 3 is 2.67 bits per heavy atom. The molecule has 0 aromatic heterocycles. The monoisotopic (exact) mass is 389 g/mol. The highest BCUT2D eigenvalue weighted by Crippen LogP contribution is 2.28. The van der Waals surface area contributed by atoms with E-state index in [0.717, 1.165) is 15.6 Å². The lowest BCUT2D eigenvalue weighted by Crippen LogP contribution is -2.03. The van der Waals surface area contributed by atoms with E-state index >= 15 is 0 Å². The van der Waals surface area contributed by atoms with Crippen LogP contribution in [0.15, 0.2) is 57.7 Å². The Bertz CT molecular complexity index is 844. The fourth-order valence-electron chi connectivity index (χ4n) is 2.18. The van der Waals surface area contributed by atoms with Crippen LogP contribution in [0.4, 0.5) is 4.39 Å². The number of benzene rings is 2. The summed E-state index contributed by atoms with van der Waals surface area (Å²) in [5.74, 6) is -0.179. The summed E-state index contributed by atoms with van der Waals surface area (Å²) in [5.41, 5.74) is 2.47. The van der Waals surface area contributed by atoms with Crippen LogP contribution in [0.1, 0.15) is 18.1 Å². The minimum Gasteiger partial charge on any atom is -0.488 e. The van der Waals surface area contributed by atoms with E-state index in [1.54, 1.807) is 31.2 Å². The molecule has 122 valence electrons. The van der Waals surface area contributed by atoms with E-state index < -0.39 is 5.97 Å². The maximum absolute atomic E-state index is 13.0. The summed E-state index contributed by atoms with van der Waals surface area (Å²) >= 11 is 3.41. The molecule has 0 radical (unpaired) electrons. The molecule has 1 aliphatic heterocycles. The van der Waals surface area contributed by atoms with Gasteiger partial charge in [-0.05, 0) is 48.9 Å². The minimum absolute atomic E-state index is 0.287.